The zero-order chi connectivity index (χ0) is 15.4. The summed E-state index contributed by atoms with van der Waals surface area (Å²) in [6.45, 7) is 2.59. The Hall–Kier alpha value is -2.88. The van der Waals surface area contributed by atoms with Gasteiger partial charge in [0.05, 0.1) is 17.5 Å². The second-order valence-electron chi connectivity index (χ2n) is 4.69. The van der Waals surface area contributed by atoms with Gasteiger partial charge in [-0.05, 0) is 42.8 Å². The van der Waals surface area contributed by atoms with E-state index in [2.05, 4.69) is 4.98 Å². The minimum absolute atomic E-state index is 0.289. The minimum Gasteiger partial charge on any atom is -0.494 e. The van der Waals surface area contributed by atoms with Crippen molar-refractivity contribution >= 4 is 23.1 Å². The molecule has 0 atom stereocenters. The first-order valence-corrected chi connectivity index (χ1v) is 7.07. The van der Waals surface area contributed by atoms with Crippen LogP contribution in [0.1, 0.15) is 18.4 Å². The predicted octanol–water partition coefficient (Wildman–Crippen LogP) is 3.76. The number of benzene rings is 2. The Kier molecular flexibility index (Phi) is 4.01. The van der Waals surface area contributed by atoms with E-state index in [0.717, 1.165) is 11.3 Å². The maximum atomic E-state index is 11.9. The third-order valence-corrected chi connectivity index (χ3v) is 3.16. The van der Waals surface area contributed by atoms with Crippen molar-refractivity contribution in [3.63, 3.8) is 0 Å². The average Bonchev–Trinajstić information content (AvgIpc) is 2.55. The van der Waals surface area contributed by atoms with Gasteiger partial charge < -0.3 is 9.15 Å². The van der Waals surface area contributed by atoms with E-state index in [1.54, 1.807) is 24.3 Å². The van der Waals surface area contributed by atoms with E-state index in [9.17, 15) is 4.79 Å². The van der Waals surface area contributed by atoms with Crippen LogP contribution in [0.3, 0.4) is 0 Å². The molecule has 0 saturated carbocycles. The first-order chi connectivity index (χ1) is 10.8. The van der Waals surface area contributed by atoms with Gasteiger partial charge in [-0.1, -0.05) is 24.3 Å². The van der Waals surface area contributed by atoms with Crippen LogP contribution >= 0.6 is 0 Å². The van der Waals surface area contributed by atoms with E-state index in [4.69, 9.17) is 9.15 Å². The summed E-state index contributed by atoms with van der Waals surface area (Å²) in [4.78, 5) is 16.2. The molecule has 0 aliphatic carbocycles. The van der Waals surface area contributed by atoms with Crippen LogP contribution in [-0.4, -0.2) is 11.6 Å². The van der Waals surface area contributed by atoms with E-state index < -0.39 is 0 Å². The van der Waals surface area contributed by atoms with Gasteiger partial charge in [-0.2, -0.15) is 0 Å². The van der Waals surface area contributed by atoms with Gasteiger partial charge in [0.15, 0.2) is 0 Å². The van der Waals surface area contributed by atoms with Gasteiger partial charge in [0.25, 0.3) is 0 Å². The van der Waals surface area contributed by atoms with Gasteiger partial charge in [-0.25, -0.2) is 9.78 Å². The molecule has 0 bridgehead atoms. The van der Waals surface area contributed by atoms with Crippen molar-refractivity contribution in [2.45, 2.75) is 6.92 Å². The first kappa shape index (κ1) is 14.1. The van der Waals surface area contributed by atoms with Crippen LogP contribution in [0.25, 0.3) is 23.1 Å². The average molecular weight is 293 g/mol. The monoisotopic (exact) mass is 293 g/mol. The standard InChI is InChI=1S/C18H15NO3/c1-2-21-14-10-7-13(8-11-14)9-12-17-19-16-6-4-3-5-15(16)18(20)22-17/h3-12H,2H2,1H3. The van der Waals surface area contributed by atoms with E-state index in [1.807, 2.05) is 43.3 Å². The van der Waals surface area contributed by atoms with E-state index >= 15 is 0 Å². The van der Waals surface area contributed by atoms with Crippen LogP contribution in [0.5, 0.6) is 5.75 Å². The SMILES string of the molecule is CCOc1ccc(C=Cc2nc3ccccc3c(=O)o2)cc1. The third-order valence-electron chi connectivity index (χ3n) is 3.16. The van der Waals surface area contributed by atoms with E-state index in [1.165, 1.54) is 0 Å². The van der Waals surface area contributed by atoms with Gasteiger partial charge >= 0.3 is 5.63 Å². The molecule has 110 valence electrons. The van der Waals surface area contributed by atoms with Crippen molar-refractivity contribution in [1.82, 2.24) is 4.98 Å². The summed E-state index contributed by atoms with van der Waals surface area (Å²) < 4.78 is 10.6. The molecular weight excluding hydrogens is 278 g/mol. The Morgan fingerprint density at radius 1 is 1.09 bits per heavy atom. The highest BCUT2D eigenvalue weighted by Gasteiger charge is 2.02. The fraction of sp³-hybridized carbons (Fsp3) is 0.111. The lowest BCUT2D eigenvalue weighted by Gasteiger charge is -2.02. The first-order valence-electron chi connectivity index (χ1n) is 7.07. The zero-order valence-electron chi connectivity index (χ0n) is 12.2. The Bertz CT molecular complexity index is 863. The molecule has 0 unspecified atom stereocenters. The molecule has 22 heavy (non-hydrogen) atoms. The van der Waals surface area contributed by atoms with Crippen LogP contribution in [-0.2, 0) is 0 Å². The number of nitrogens with zero attached hydrogens (tertiary/aromatic N) is 1. The third kappa shape index (κ3) is 3.06. The molecule has 0 N–H and O–H groups in total. The van der Waals surface area contributed by atoms with Gasteiger partial charge in [0.1, 0.15) is 5.75 Å². The fourth-order valence-electron chi connectivity index (χ4n) is 2.12. The number of para-hydroxylation sites is 1. The quantitative estimate of drug-likeness (QED) is 0.735. The molecular formula is C18H15NO3. The second-order valence-corrected chi connectivity index (χ2v) is 4.69. The van der Waals surface area contributed by atoms with Gasteiger partial charge in [0, 0.05) is 6.08 Å². The summed E-state index contributed by atoms with van der Waals surface area (Å²) in [5, 5.41) is 0.487. The lowest BCUT2D eigenvalue weighted by molar-refractivity contribution is 0.340. The van der Waals surface area contributed by atoms with Crippen molar-refractivity contribution in [2.24, 2.45) is 0 Å². The lowest BCUT2D eigenvalue weighted by atomic mass is 10.2. The molecule has 1 aromatic heterocycles. The van der Waals surface area contributed by atoms with Crippen LogP contribution < -0.4 is 10.4 Å². The molecule has 3 rings (SSSR count). The van der Waals surface area contributed by atoms with Crippen LogP contribution in [0.15, 0.2) is 57.7 Å². The molecule has 0 aliphatic rings. The summed E-state index contributed by atoms with van der Waals surface area (Å²) >= 11 is 0. The highest BCUT2D eigenvalue weighted by atomic mass is 16.5. The number of hydrogen-bond donors (Lipinski definition) is 0. The topological polar surface area (TPSA) is 52.3 Å². The molecule has 3 aromatic rings. The van der Waals surface area contributed by atoms with E-state index in [0.29, 0.717) is 17.5 Å². The molecule has 0 spiro atoms. The highest BCUT2D eigenvalue weighted by Crippen LogP contribution is 2.14. The maximum absolute atomic E-state index is 11.9. The van der Waals surface area contributed by atoms with Crippen molar-refractivity contribution in [3.8, 4) is 5.75 Å². The number of fused-ring (bicyclic) bond motifs is 1. The number of rotatable bonds is 4. The maximum Gasteiger partial charge on any atom is 0.347 e. The van der Waals surface area contributed by atoms with Crippen molar-refractivity contribution in [2.75, 3.05) is 6.61 Å². The Morgan fingerprint density at radius 3 is 2.64 bits per heavy atom. The second kappa shape index (κ2) is 6.26. The van der Waals surface area contributed by atoms with Crippen LogP contribution in [0, 0.1) is 0 Å². The van der Waals surface area contributed by atoms with E-state index in [-0.39, 0.29) is 11.5 Å². The Balaban J connectivity index is 1.87. The van der Waals surface area contributed by atoms with Gasteiger partial charge in [-0.3, -0.25) is 0 Å². The predicted molar refractivity (Wildman–Crippen MR) is 86.8 cm³/mol. The number of ether oxygens (including phenoxy) is 1. The molecule has 4 nitrogen and oxygen atoms in total. The summed E-state index contributed by atoms with van der Waals surface area (Å²) in [5.41, 5.74) is 1.23. The molecule has 2 aromatic carbocycles. The summed E-state index contributed by atoms with van der Waals surface area (Å²) in [6, 6.07) is 14.8. The summed E-state index contributed by atoms with van der Waals surface area (Å²) in [5.74, 6) is 1.12. The van der Waals surface area contributed by atoms with Crippen LogP contribution in [0.2, 0.25) is 0 Å². The molecule has 0 saturated heterocycles. The molecule has 1 heterocycles. The fourth-order valence-corrected chi connectivity index (χ4v) is 2.12. The molecule has 4 heteroatoms. The summed E-state index contributed by atoms with van der Waals surface area (Å²) in [6.07, 6.45) is 3.53. The van der Waals surface area contributed by atoms with Crippen LogP contribution in [0.4, 0.5) is 0 Å². The van der Waals surface area contributed by atoms with Gasteiger partial charge in [-0.15, -0.1) is 0 Å². The molecule has 0 fully saturated rings. The number of hydrogen-bond acceptors (Lipinski definition) is 4. The van der Waals surface area contributed by atoms with Crippen molar-refractivity contribution < 1.29 is 9.15 Å². The zero-order valence-corrected chi connectivity index (χ0v) is 12.2. The Morgan fingerprint density at radius 2 is 1.86 bits per heavy atom. The molecule has 0 amide bonds. The molecule has 0 aliphatic heterocycles. The van der Waals surface area contributed by atoms with Crippen molar-refractivity contribution in [3.05, 3.63) is 70.4 Å². The van der Waals surface area contributed by atoms with Gasteiger partial charge in [0.2, 0.25) is 5.89 Å². The largest absolute Gasteiger partial charge is 0.494 e. The highest BCUT2D eigenvalue weighted by molar-refractivity contribution is 5.78. The summed E-state index contributed by atoms with van der Waals surface area (Å²) in [7, 11) is 0. The molecule has 0 radical (unpaired) electrons. The Labute approximate surface area is 127 Å². The lowest BCUT2D eigenvalue weighted by Crippen LogP contribution is -2.02. The number of aromatic nitrogens is 1. The van der Waals surface area contributed by atoms with Crippen molar-refractivity contribution in [1.29, 1.82) is 0 Å². The normalized spacial score (nSPS) is 11.1. The smallest absolute Gasteiger partial charge is 0.347 e. The minimum atomic E-state index is -0.378.